The maximum atomic E-state index is 12.7. The molecule has 2 aromatic carbocycles. The molecule has 2 aliphatic rings. The molecule has 1 fully saturated rings. The predicted octanol–water partition coefficient (Wildman–Crippen LogP) is 4.57. The van der Waals surface area contributed by atoms with Crippen molar-refractivity contribution >= 4 is 11.9 Å². The number of carbonyl (C=O) groups excluding carboxylic acids is 2. The van der Waals surface area contributed by atoms with Gasteiger partial charge < -0.3 is 9.47 Å². The topological polar surface area (TPSA) is 52.6 Å². The number of hydrogen-bond donors (Lipinski definition) is 0. The lowest BCUT2D eigenvalue weighted by Crippen LogP contribution is -2.41. The van der Waals surface area contributed by atoms with E-state index in [1.807, 2.05) is 30.3 Å². The van der Waals surface area contributed by atoms with Crippen LogP contribution < -0.4 is 0 Å². The van der Waals surface area contributed by atoms with E-state index >= 15 is 0 Å². The van der Waals surface area contributed by atoms with Crippen LogP contribution in [0.1, 0.15) is 46.4 Å². The van der Waals surface area contributed by atoms with Crippen LogP contribution in [-0.2, 0) is 9.47 Å². The van der Waals surface area contributed by atoms with Gasteiger partial charge in [-0.15, -0.1) is 0 Å². The molecule has 0 aliphatic heterocycles. The molecule has 0 bridgehead atoms. The van der Waals surface area contributed by atoms with Crippen molar-refractivity contribution in [3.05, 3.63) is 83.9 Å². The number of esters is 2. The fraction of sp³-hybridized carbons (Fsp3) is 0.304. The molecular formula is C23H22O4. The van der Waals surface area contributed by atoms with E-state index in [1.165, 1.54) is 0 Å². The number of rotatable bonds is 4. The van der Waals surface area contributed by atoms with Gasteiger partial charge in [0.25, 0.3) is 0 Å². The second-order valence-corrected chi connectivity index (χ2v) is 7.23. The van der Waals surface area contributed by atoms with Crippen LogP contribution >= 0.6 is 0 Å². The number of benzene rings is 2. The zero-order chi connectivity index (χ0) is 18.7. The van der Waals surface area contributed by atoms with Gasteiger partial charge >= 0.3 is 11.9 Å². The Morgan fingerprint density at radius 1 is 0.778 bits per heavy atom. The first-order chi connectivity index (χ1) is 13.2. The van der Waals surface area contributed by atoms with Gasteiger partial charge in [-0.1, -0.05) is 55.3 Å². The Bertz CT molecular complexity index is 835. The first kappa shape index (κ1) is 17.5. The Morgan fingerprint density at radius 2 is 1.30 bits per heavy atom. The van der Waals surface area contributed by atoms with Crippen LogP contribution in [0.4, 0.5) is 0 Å². The quantitative estimate of drug-likeness (QED) is 0.591. The largest absolute Gasteiger partial charge is 0.454 e. The molecule has 27 heavy (non-hydrogen) atoms. The zero-order valence-electron chi connectivity index (χ0n) is 15.0. The summed E-state index contributed by atoms with van der Waals surface area (Å²) in [6.45, 7) is 0. The normalized spacial score (nSPS) is 22.7. The van der Waals surface area contributed by atoms with Crippen molar-refractivity contribution in [2.45, 2.75) is 37.9 Å². The first-order valence-electron chi connectivity index (χ1n) is 9.39. The maximum absolute atomic E-state index is 12.7. The minimum absolute atomic E-state index is 0.230. The fourth-order valence-corrected chi connectivity index (χ4v) is 4.10. The van der Waals surface area contributed by atoms with Crippen molar-refractivity contribution < 1.29 is 19.1 Å². The lowest BCUT2D eigenvalue weighted by molar-refractivity contribution is -0.0490. The van der Waals surface area contributed by atoms with Crippen LogP contribution in [0.2, 0.25) is 0 Å². The van der Waals surface area contributed by atoms with E-state index in [-0.39, 0.29) is 11.4 Å². The van der Waals surface area contributed by atoms with Gasteiger partial charge in [-0.2, -0.15) is 0 Å². The highest BCUT2D eigenvalue weighted by Crippen LogP contribution is 2.49. The third-order valence-corrected chi connectivity index (χ3v) is 5.51. The van der Waals surface area contributed by atoms with E-state index in [0.29, 0.717) is 11.1 Å². The average molecular weight is 362 g/mol. The molecule has 0 heterocycles. The second-order valence-electron chi connectivity index (χ2n) is 7.23. The minimum Gasteiger partial charge on any atom is -0.454 e. The van der Waals surface area contributed by atoms with Gasteiger partial charge in [0.05, 0.1) is 11.1 Å². The third-order valence-electron chi connectivity index (χ3n) is 5.51. The van der Waals surface area contributed by atoms with Crippen molar-refractivity contribution in [2.75, 3.05) is 0 Å². The van der Waals surface area contributed by atoms with Gasteiger partial charge in [-0.05, 0) is 43.2 Å². The van der Waals surface area contributed by atoms with Crippen LogP contribution in [0.15, 0.2) is 72.8 Å². The zero-order valence-corrected chi connectivity index (χ0v) is 15.0. The molecule has 2 atom stereocenters. The van der Waals surface area contributed by atoms with Crippen LogP contribution in [0, 0.1) is 5.41 Å². The molecule has 1 spiro atoms. The standard InChI is InChI=1S/C23H22O4/c24-21(17-9-3-1-4-10-17)26-19-13-16-23(14-7-8-15-23)20(19)27-22(25)18-11-5-2-6-12-18/h1-6,9-13,16,19-20H,7-8,14-15H2/t19-,20-/m0/s1. The van der Waals surface area contributed by atoms with Crippen LogP contribution in [0.3, 0.4) is 0 Å². The lowest BCUT2D eigenvalue weighted by atomic mass is 9.82. The summed E-state index contributed by atoms with van der Waals surface area (Å²) in [7, 11) is 0. The molecule has 4 heteroatoms. The van der Waals surface area contributed by atoms with Crippen molar-refractivity contribution in [1.82, 2.24) is 0 Å². The van der Waals surface area contributed by atoms with E-state index in [2.05, 4.69) is 6.08 Å². The highest BCUT2D eigenvalue weighted by Gasteiger charge is 2.50. The fourth-order valence-electron chi connectivity index (χ4n) is 4.10. The highest BCUT2D eigenvalue weighted by molar-refractivity contribution is 5.90. The molecule has 0 unspecified atom stereocenters. The summed E-state index contributed by atoms with van der Waals surface area (Å²) in [5.41, 5.74) is 0.767. The summed E-state index contributed by atoms with van der Waals surface area (Å²) in [5, 5.41) is 0. The maximum Gasteiger partial charge on any atom is 0.338 e. The van der Waals surface area contributed by atoms with Gasteiger partial charge in [-0.25, -0.2) is 9.59 Å². The Morgan fingerprint density at radius 3 is 1.85 bits per heavy atom. The number of hydrogen-bond acceptors (Lipinski definition) is 4. The second kappa shape index (κ2) is 7.39. The monoisotopic (exact) mass is 362 g/mol. The molecule has 0 amide bonds. The highest BCUT2D eigenvalue weighted by atomic mass is 16.6. The molecule has 1 saturated carbocycles. The Labute approximate surface area is 158 Å². The molecule has 138 valence electrons. The molecule has 2 aliphatic carbocycles. The third kappa shape index (κ3) is 3.52. The van der Waals surface area contributed by atoms with E-state index in [1.54, 1.807) is 36.4 Å². The summed E-state index contributed by atoms with van der Waals surface area (Å²) >= 11 is 0. The van der Waals surface area contributed by atoms with Crippen molar-refractivity contribution in [2.24, 2.45) is 5.41 Å². The molecular weight excluding hydrogens is 340 g/mol. The van der Waals surface area contributed by atoms with E-state index in [4.69, 9.17) is 9.47 Å². The Hall–Kier alpha value is -2.88. The summed E-state index contributed by atoms with van der Waals surface area (Å²) < 4.78 is 11.6. The number of ether oxygens (including phenoxy) is 2. The molecule has 0 N–H and O–H groups in total. The molecule has 2 aromatic rings. The van der Waals surface area contributed by atoms with Crippen molar-refractivity contribution in [3.8, 4) is 0 Å². The smallest absolute Gasteiger partial charge is 0.338 e. The molecule has 0 aromatic heterocycles. The van der Waals surface area contributed by atoms with E-state index in [9.17, 15) is 9.59 Å². The van der Waals surface area contributed by atoms with Crippen molar-refractivity contribution in [3.63, 3.8) is 0 Å². The predicted molar refractivity (Wildman–Crippen MR) is 101 cm³/mol. The van der Waals surface area contributed by atoms with Crippen LogP contribution in [0.25, 0.3) is 0 Å². The van der Waals surface area contributed by atoms with Gasteiger partial charge in [0.15, 0.2) is 12.2 Å². The van der Waals surface area contributed by atoms with Crippen LogP contribution in [0.5, 0.6) is 0 Å². The Balaban J connectivity index is 1.54. The number of carbonyl (C=O) groups is 2. The summed E-state index contributed by atoms with van der Waals surface area (Å²) in [6, 6.07) is 17.8. The van der Waals surface area contributed by atoms with Gasteiger partial charge in [0.2, 0.25) is 0 Å². The summed E-state index contributed by atoms with van der Waals surface area (Å²) in [4.78, 5) is 25.2. The Kier molecular flexibility index (Phi) is 4.80. The van der Waals surface area contributed by atoms with Crippen LogP contribution in [-0.4, -0.2) is 24.1 Å². The SMILES string of the molecule is O=C(O[C@H]1C=CC2(CCCC2)[C@H]1OC(=O)c1ccccc1)c1ccccc1. The molecule has 4 nitrogen and oxygen atoms in total. The molecule has 4 rings (SSSR count). The van der Waals surface area contributed by atoms with E-state index in [0.717, 1.165) is 25.7 Å². The summed E-state index contributed by atoms with van der Waals surface area (Å²) in [6.07, 6.45) is 6.97. The molecule has 0 saturated heterocycles. The minimum atomic E-state index is -0.566. The van der Waals surface area contributed by atoms with Gasteiger partial charge in [-0.3, -0.25) is 0 Å². The average Bonchev–Trinajstić information content (AvgIpc) is 3.32. The molecule has 0 radical (unpaired) electrons. The van der Waals surface area contributed by atoms with E-state index < -0.39 is 18.2 Å². The lowest BCUT2D eigenvalue weighted by Gasteiger charge is -2.33. The van der Waals surface area contributed by atoms with Gasteiger partial charge in [0, 0.05) is 5.41 Å². The van der Waals surface area contributed by atoms with Gasteiger partial charge in [0.1, 0.15) is 0 Å². The summed E-state index contributed by atoms with van der Waals surface area (Å²) in [5.74, 6) is -0.780. The first-order valence-corrected chi connectivity index (χ1v) is 9.39. The van der Waals surface area contributed by atoms with Crippen molar-refractivity contribution in [1.29, 1.82) is 0 Å².